The number of hydrogen-bond donors (Lipinski definition) is 1. The predicted octanol–water partition coefficient (Wildman–Crippen LogP) is 6.22. The lowest BCUT2D eigenvalue weighted by Gasteiger charge is -2.68. The summed E-state index contributed by atoms with van der Waals surface area (Å²) in [6.07, 6.45) is -0.139. The zero-order valence-electron chi connectivity index (χ0n) is 32.0. The summed E-state index contributed by atoms with van der Waals surface area (Å²) in [7, 11) is 2.08. The van der Waals surface area contributed by atoms with E-state index in [-0.39, 0.29) is 55.1 Å². The summed E-state index contributed by atoms with van der Waals surface area (Å²) in [5.74, 6) is 0.101. The van der Waals surface area contributed by atoms with Gasteiger partial charge in [0.2, 0.25) is 0 Å². The van der Waals surface area contributed by atoms with Crippen molar-refractivity contribution < 1.29 is 38.1 Å². The van der Waals surface area contributed by atoms with E-state index in [2.05, 4.69) is 41.5 Å². The van der Waals surface area contributed by atoms with Gasteiger partial charge in [-0.05, 0) is 65.1 Å². The Hall–Kier alpha value is -3.90. The highest BCUT2D eigenvalue weighted by atomic mass is 28.2. The average molecular weight is 733 g/mol. The van der Waals surface area contributed by atoms with Gasteiger partial charge in [0, 0.05) is 26.2 Å². The van der Waals surface area contributed by atoms with Crippen molar-refractivity contribution in [1.29, 1.82) is 0 Å². The quantitative estimate of drug-likeness (QED) is 0.154. The number of methoxy groups -OCH3 is 1. The lowest BCUT2D eigenvalue weighted by atomic mass is 9.52. The molecule has 0 bridgehead atoms. The second-order valence-corrected chi connectivity index (χ2v) is 15.3. The van der Waals surface area contributed by atoms with E-state index in [1.165, 1.54) is 0 Å². The second-order valence-electron chi connectivity index (χ2n) is 14.8. The van der Waals surface area contributed by atoms with Gasteiger partial charge < -0.3 is 33.4 Å². The molecule has 2 amide bonds. The lowest BCUT2D eigenvalue weighted by Crippen LogP contribution is -2.80. The van der Waals surface area contributed by atoms with Crippen LogP contribution in [0.1, 0.15) is 70.6 Å². The van der Waals surface area contributed by atoms with Gasteiger partial charge in [-0.1, -0.05) is 90.1 Å². The topological polar surface area (TPSA) is 107 Å². The van der Waals surface area contributed by atoms with Gasteiger partial charge >= 0.3 is 6.09 Å². The molecule has 5 rings (SSSR count). The van der Waals surface area contributed by atoms with E-state index in [0.717, 1.165) is 16.7 Å². The summed E-state index contributed by atoms with van der Waals surface area (Å²) in [5.41, 5.74) is 1.54. The molecular weight excluding hydrogens is 677 g/mol. The zero-order valence-corrected chi connectivity index (χ0v) is 34.0. The summed E-state index contributed by atoms with van der Waals surface area (Å²) < 4.78 is 31.2. The molecule has 2 aliphatic heterocycles. The van der Waals surface area contributed by atoms with Gasteiger partial charge in [0.05, 0.1) is 30.5 Å². The van der Waals surface area contributed by atoms with Crippen LogP contribution in [0.25, 0.3) is 0 Å². The normalized spacial score (nSPS) is 21.5. The first-order chi connectivity index (χ1) is 24.9. The summed E-state index contributed by atoms with van der Waals surface area (Å²) in [5, 5.41) is 10.4. The van der Waals surface area contributed by atoms with Crippen LogP contribution in [0.2, 0.25) is 0 Å². The molecule has 0 aromatic heterocycles. The Balaban J connectivity index is 1.65. The number of likely N-dealkylation sites (tertiary alicyclic amines) is 1. The zero-order chi connectivity index (χ0) is 37.6. The van der Waals surface area contributed by atoms with Crippen molar-refractivity contribution in [2.75, 3.05) is 38.3 Å². The standard InChI is InChI=1S/C41H56N2O8Si/c1-27(2)40(28(3)4)41(29(5)6,50-25-31-14-19-35-34(22-31)42(20-11-21-47-7)37(45)26-48-35)38(32-15-17-33(44)18-16-32)36(51-52)23-43(40)39(46)49-24-30-12-9-8-10-13-30/h8-10,12-19,22,27-29,36,38,44H,11,20-21,23-26H2,1-7,52H3/t36-,38-,41-/m1/s1. The van der Waals surface area contributed by atoms with E-state index in [4.69, 9.17) is 23.4 Å². The van der Waals surface area contributed by atoms with Gasteiger partial charge in [-0.2, -0.15) is 0 Å². The number of rotatable bonds is 14. The summed E-state index contributed by atoms with van der Waals surface area (Å²) >= 11 is 0. The molecule has 282 valence electrons. The summed E-state index contributed by atoms with van der Waals surface area (Å²) in [4.78, 5) is 31.3. The van der Waals surface area contributed by atoms with Gasteiger partial charge in [-0.3, -0.25) is 9.69 Å². The van der Waals surface area contributed by atoms with E-state index in [1.807, 2.05) is 65.6 Å². The number of hydrogen-bond acceptors (Lipinski definition) is 8. The smallest absolute Gasteiger partial charge is 0.410 e. The summed E-state index contributed by atoms with van der Waals surface area (Å²) in [6, 6.07) is 22.9. The Bertz CT molecular complexity index is 1640. The highest BCUT2D eigenvalue weighted by Crippen LogP contribution is 2.59. The minimum absolute atomic E-state index is 0.0101. The maximum Gasteiger partial charge on any atom is 0.410 e. The molecule has 1 N–H and O–H groups in total. The van der Waals surface area contributed by atoms with Crippen LogP contribution in [0.5, 0.6) is 11.5 Å². The van der Waals surface area contributed by atoms with Crippen LogP contribution >= 0.6 is 0 Å². The number of piperidine rings is 1. The number of nitrogens with zero attached hydrogens (tertiary/aromatic N) is 2. The largest absolute Gasteiger partial charge is 0.508 e. The van der Waals surface area contributed by atoms with Crippen molar-refractivity contribution in [3.8, 4) is 11.5 Å². The molecule has 0 aliphatic carbocycles. The maximum atomic E-state index is 14.6. The molecule has 0 radical (unpaired) electrons. The third-order valence-electron chi connectivity index (χ3n) is 11.0. The molecular formula is C41H56N2O8Si. The van der Waals surface area contributed by atoms with Gasteiger partial charge in [-0.15, -0.1) is 0 Å². The first kappa shape index (κ1) is 39.3. The van der Waals surface area contributed by atoms with Crippen molar-refractivity contribution in [3.63, 3.8) is 0 Å². The Kier molecular flexibility index (Phi) is 12.7. The molecule has 0 spiro atoms. The van der Waals surface area contributed by atoms with Crippen LogP contribution in [0, 0.1) is 17.8 Å². The first-order valence-electron chi connectivity index (χ1n) is 18.4. The number of phenolic OH excluding ortho intramolecular Hbond substituents is 1. The predicted molar refractivity (Wildman–Crippen MR) is 205 cm³/mol. The van der Waals surface area contributed by atoms with E-state index >= 15 is 0 Å². The molecule has 1 saturated heterocycles. The highest BCUT2D eigenvalue weighted by Gasteiger charge is 2.70. The third kappa shape index (κ3) is 7.33. The highest BCUT2D eigenvalue weighted by molar-refractivity contribution is 5.98. The fraction of sp³-hybridized carbons (Fsp3) is 0.512. The molecule has 3 aromatic carbocycles. The van der Waals surface area contributed by atoms with Crippen LogP contribution < -0.4 is 9.64 Å². The number of phenols is 1. The monoisotopic (exact) mass is 732 g/mol. The van der Waals surface area contributed by atoms with Gasteiger partial charge in [0.15, 0.2) is 6.61 Å². The second kappa shape index (κ2) is 16.8. The molecule has 10 nitrogen and oxygen atoms in total. The molecule has 3 aromatic rings. The van der Waals surface area contributed by atoms with Crippen molar-refractivity contribution in [1.82, 2.24) is 4.90 Å². The number of amides is 2. The van der Waals surface area contributed by atoms with Crippen LogP contribution in [0.3, 0.4) is 0 Å². The Labute approximate surface area is 311 Å². The number of fused-ring (bicyclic) bond motifs is 1. The fourth-order valence-corrected chi connectivity index (χ4v) is 9.51. The molecule has 52 heavy (non-hydrogen) atoms. The van der Waals surface area contributed by atoms with Crippen LogP contribution in [-0.2, 0) is 36.6 Å². The van der Waals surface area contributed by atoms with E-state index in [1.54, 1.807) is 24.1 Å². The van der Waals surface area contributed by atoms with Crippen molar-refractivity contribution >= 4 is 28.2 Å². The van der Waals surface area contributed by atoms with Crippen molar-refractivity contribution in [3.05, 3.63) is 89.5 Å². The SMILES string of the molecule is COCCCN1C(=O)COc2ccc(CO[C@]3(C(C)C)[C@H](c4ccc(O)cc4)[C@H](O[SiH3])CN(C(=O)OCc4ccccc4)C3(C(C)C)C(C)C)cc21. The number of benzene rings is 3. The first-order valence-corrected chi connectivity index (χ1v) is 19.2. The molecule has 0 saturated carbocycles. The third-order valence-corrected chi connectivity index (χ3v) is 11.6. The Morgan fingerprint density at radius 2 is 1.63 bits per heavy atom. The Morgan fingerprint density at radius 1 is 0.942 bits per heavy atom. The van der Waals surface area contributed by atoms with Gasteiger partial charge in [-0.25, -0.2) is 4.79 Å². The van der Waals surface area contributed by atoms with E-state index in [9.17, 15) is 14.7 Å². The molecule has 11 heteroatoms. The molecule has 1 fully saturated rings. The molecule has 3 atom stereocenters. The van der Waals surface area contributed by atoms with Crippen LogP contribution in [0.4, 0.5) is 10.5 Å². The summed E-state index contributed by atoms with van der Waals surface area (Å²) in [6.45, 7) is 14.6. The number of carbonyl (C=O) groups excluding carboxylic acids is 2. The fourth-order valence-electron chi connectivity index (χ4n) is 9.09. The molecule has 2 heterocycles. The maximum absolute atomic E-state index is 14.6. The van der Waals surface area contributed by atoms with Crippen LogP contribution in [0.15, 0.2) is 72.8 Å². The van der Waals surface area contributed by atoms with E-state index < -0.39 is 23.3 Å². The lowest BCUT2D eigenvalue weighted by molar-refractivity contribution is -0.257. The minimum Gasteiger partial charge on any atom is -0.508 e. The molecule has 2 aliphatic rings. The number of ether oxygens (including phenoxy) is 4. The molecule has 0 unspecified atom stereocenters. The van der Waals surface area contributed by atoms with Gasteiger partial charge in [0.1, 0.15) is 34.2 Å². The Morgan fingerprint density at radius 3 is 2.25 bits per heavy atom. The number of anilines is 1. The van der Waals surface area contributed by atoms with Crippen molar-refractivity contribution in [2.45, 2.75) is 84.3 Å². The minimum atomic E-state index is -1.02. The van der Waals surface area contributed by atoms with Crippen molar-refractivity contribution in [2.24, 2.45) is 17.8 Å². The van der Waals surface area contributed by atoms with Gasteiger partial charge in [0.25, 0.3) is 5.91 Å². The van der Waals surface area contributed by atoms with E-state index in [0.29, 0.717) is 48.0 Å². The number of aromatic hydroxyl groups is 1. The van der Waals surface area contributed by atoms with Crippen LogP contribution in [-0.4, -0.2) is 83.1 Å². The average Bonchev–Trinajstić information content (AvgIpc) is 3.13. The number of carbonyl (C=O) groups is 2.